The minimum atomic E-state index is 0. The summed E-state index contributed by atoms with van der Waals surface area (Å²) in [6.07, 6.45) is 9.38. The number of fused-ring (bicyclic) bond motifs is 2. The first kappa shape index (κ1) is 62.2. The van der Waals surface area contributed by atoms with Crippen molar-refractivity contribution in [2.45, 2.75) is 40.3 Å². The maximum atomic E-state index is 8.07. The van der Waals surface area contributed by atoms with Crippen LogP contribution in [0.1, 0.15) is 50.0 Å². The summed E-state index contributed by atoms with van der Waals surface area (Å²) in [6.45, 7) is 3.60. The van der Waals surface area contributed by atoms with E-state index in [2.05, 4.69) is 114 Å². The first-order chi connectivity index (χ1) is 40.0. The Morgan fingerprint density at radius 3 is 1.01 bits per heavy atom. The molecule has 11 nitrogen and oxygen atoms in total. The van der Waals surface area contributed by atoms with E-state index in [0.717, 1.165) is 102 Å². The molecule has 6 aromatic heterocycles. The third kappa shape index (κ3) is 16.9. The van der Waals surface area contributed by atoms with Crippen molar-refractivity contribution in [3.05, 3.63) is 266 Å². The number of rotatable bonds is 14. The van der Waals surface area contributed by atoms with Gasteiger partial charge in [0.25, 0.3) is 0 Å². The molecule has 0 aliphatic rings. The number of hydrogen-bond acceptors (Lipinski definition) is 7. The molecule has 17 heteroatoms. The SMILES string of the molecule is C.C(=N\n1c(-c2ccccc2)ccc1-c1ccccc1)/c1nn(Cc2ccccn2)c2ccccc12.C(=Nn1c(-c2ccccc2)ccc1-c1ccccc1)c1nn(Cc2ccccn2)c2ccccc12.CCCCO.[Cl][Fe][Cl].[Cl][Fe][Cl]. The van der Waals surface area contributed by atoms with Gasteiger partial charge < -0.3 is 5.11 Å². The van der Waals surface area contributed by atoms with Gasteiger partial charge in [-0.25, -0.2) is 9.35 Å². The maximum absolute atomic E-state index is 8.07. The molecular weight excluding hydrogens is 1190 g/mol. The molecule has 12 rings (SSSR count). The predicted molar refractivity (Wildman–Crippen MR) is 335 cm³/mol. The first-order valence-electron chi connectivity index (χ1n) is 25.7. The molecule has 6 heterocycles. The molecule has 0 aliphatic heterocycles. The summed E-state index contributed by atoms with van der Waals surface area (Å²) in [5, 5.41) is 29.9. The molecule has 420 valence electrons. The van der Waals surface area contributed by atoms with Gasteiger partial charge in [0.2, 0.25) is 0 Å². The third-order valence-electron chi connectivity index (χ3n) is 12.5. The fraction of sp³-hybridized carbons (Fsp3) is 0.108. The fourth-order valence-electron chi connectivity index (χ4n) is 8.83. The van der Waals surface area contributed by atoms with Crippen LogP contribution in [0.2, 0.25) is 0 Å². The van der Waals surface area contributed by atoms with Crippen LogP contribution in [0.5, 0.6) is 0 Å². The Hall–Kier alpha value is -7.38. The fourth-order valence-corrected chi connectivity index (χ4v) is 8.83. The normalized spacial score (nSPS) is 10.8. The van der Waals surface area contributed by atoms with E-state index < -0.39 is 0 Å². The van der Waals surface area contributed by atoms with Crippen molar-refractivity contribution in [1.29, 1.82) is 0 Å². The quantitative estimate of drug-likeness (QED) is 0.0860. The summed E-state index contributed by atoms with van der Waals surface area (Å²) >= 11 is 0.389. The number of para-hydroxylation sites is 2. The second-order valence-corrected chi connectivity index (χ2v) is 21.4. The van der Waals surface area contributed by atoms with E-state index >= 15 is 0 Å². The van der Waals surface area contributed by atoms with Gasteiger partial charge in [0.15, 0.2) is 0 Å². The van der Waals surface area contributed by atoms with Crippen molar-refractivity contribution in [3.8, 4) is 45.0 Å². The number of unbranched alkanes of at least 4 members (excludes halogenated alkanes) is 1. The van der Waals surface area contributed by atoms with Gasteiger partial charge in [-0.05, 0) is 67.1 Å². The zero-order valence-electron chi connectivity index (χ0n) is 43.9. The van der Waals surface area contributed by atoms with Crippen molar-refractivity contribution in [2.24, 2.45) is 10.2 Å². The van der Waals surface area contributed by atoms with Gasteiger partial charge in [-0.3, -0.25) is 19.3 Å². The monoisotopic (exact) mass is 1250 g/mol. The molecule has 0 saturated heterocycles. The van der Waals surface area contributed by atoms with Crippen molar-refractivity contribution in [3.63, 3.8) is 0 Å². The summed E-state index contributed by atoms with van der Waals surface area (Å²) in [5.41, 5.74) is 14.2. The van der Waals surface area contributed by atoms with Gasteiger partial charge in [-0.1, -0.05) is 191 Å². The second-order valence-electron chi connectivity index (χ2n) is 17.7. The summed E-state index contributed by atoms with van der Waals surface area (Å²) in [5.74, 6) is 0. The Kier molecular flexibility index (Phi) is 25.4. The molecule has 0 spiro atoms. The molecule has 0 amide bonds. The van der Waals surface area contributed by atoms with Gasteiger partial charge in [-0.15, -0.1) is 0 Å². The topological polar surface area (TPSA) is 116 Å². The van der Waals surface area contributed by atoms with Crippen LogP contribution in [0.4, 0.5) is 0 Å². The van der Waals surface area contributed by atoms with E-state index in [9.17, 15) is 0 Å². The van der Waals surface area contributed by atoms with Crippen molar-refractivity contribution in [1.82, 2.24) is 38.9 Å². The number of hydrogen-bond donors (Lipinski definition) is 1. The molecule has 0 unspecified atom stereocenters. The van der Waals surface area contributed by atoms with Crippen LogP contribution in [-0.4, -0.2) is 63.0 Å². The third-order valence-corrected chi connectivity index (χ3v) is 12.5. The van der Waals surface area contributed by atoms with Crippen LogP contribution < -0.4 is 0 Å². The van der Waals surface area contributed by atoms with E-state index in [4.69, 9.17) is 65.9 Å². The number of benzene rings is 6. The molecule has 12 aromatic rings. The van der Waals surface area contributed by atoms with Crippen molar-refractivity contribution in [2.75, 3.05) is 6.61 Å². The van der Waals surface area contributed by atoms with Gasteiger partial charge in [0.05, 0.1) is 70.7 Å². The predicted octanol–water partition coefficient (Wildman–Crippen LogP) is 17.2. The first-order valence-corrected chi connectivity index (χ1v) is 31.8. The average Bonchev–Trinajstić information content (AvgIpc) is 4.49. The van der Waals surface area contributed by atoms with E-state index in [-0.39, 0.29) is 33.7 Å². The zero-order chi connectivity index (χ0) is 56.4. The number of aliphatic hydroxyl groups is 1. The standard InChI is InChI=1S/2C30H23N5.C4H10O.CH4.4ClH.2Fe/c2*1-3-11-23(12-4-1)28-18-19-29(24-13-5-2-6-14-24)35(28)32-21-27-26-16-7-8-17-30(26)34(33-27)22-25-15-9-10-20-31-25;1-2-3-4-5;;;;;;;/h2*1-21H,22H2;5H,2-4H2,1H3;1H4;4*1H;;/q;;;;;;;;2*+2/p-4/b32-21+;;;;;;;;;. The van der Waals surface area contributed by atoms with Crippen LogP contribution in [0.3, 0.4) is 0 Å². The number of aliphatic hydroxyl groups excluding tert-OH is 1. The molecule has 0 saturated carbocycles. The number of halogens is 4. The molecule has 82 heavy (non-hydrogen) atoms. The van der Waals surface area contributed by atoms with Gasteiger partial charge in [0, 0.05) is 52.0 Å². The Morgan fingerprint density at radius 1 is 0.427 bits per heavy atom. The Balaban J connectivity index is 0.000000199. The van der Waals surface area contributed by atoms with Crippen molar-refractivity contribution < 1.29 is 31.4 Å². The summed E-state index contributed by atoms with van der Waals surface area (Å²) in [6, 6.07) is 78.2. The van der Waals surface area contributed by atoms with Gasteiger partial charge in [-0.2, -0.15) is 20.4 Å². The molecule has 1 N–H and O–H groups in total. The van der Waals surface area contributed by atoms with Gasteiger partial charge >= 0.3 is 66.7 Å². The van der Waals surface area contributed by atoms with Gasteiger partial charge in [0.1, 0.15) is 11.4 Å². The van der Waals surface area contributed by atoms with E-state index in [0.29, 0.717) is 19.7 Å². The van der Waals surface area contributed by atoms with Crippen LogP contribution in [0.25, 0.3) is 66.8 Å². The van der Waals surface area contributed by atoms with Crippen LogP contribution in [-0.2, 0) is 39.4 Å². The molecule has 0 bridgehead atoms. The summed E-state index contributed by atoms with van der Waals surface area (Å²) in [7, 11) is 19.1. The zero-order valence-corrected chi connectivity index (χ0v) is 49.2. The molecule has 0 radical (unpaired) electrons. The molecule has 0 atom stereocenters. The summed E-state index contributed by atoms with van der Waals surface area (Å²) in [4.78, 5) is 8.94. The Morgan fingerprint density at radius 2 is 0.732 bits per heavy atom. The van der Waals surface area contributed by atoms with E-state index in [1.807, 2.05) is 177 Å². The number of pyridine rings is 2. The second kappa shape index (κ2) is 33.5. The molecular formula is C65H60Cl4Fe2N10O. The average molecular weight is 1250 g/mol. The van der Waals surface area contributed by atoms with Crippen molar-refractivity contribution >= 4 is 74.6 Å². The van der Waals surface area contributed by atoms with Crippen LogP contribution in [0.15, 0.2) is 253 Å². The molecule has 0 fully saturated rings. The molecule has 6 aromatic carbocycles. The minimum absolute atomic E-state index is 0. The Labute approximate surface area is 508 Å². The van der Waals surface area contributed by atoms with Crippen LogP contribution in [0, 0.1) is 0 Å². The van der Waals surface area contributed by atoms with Crippen LogP contribution >= 0.6 is 40.4 Å². The number of aromatic nitrogens is 8. The number of nitrogens with zero attached hydrogens (tertiary/aromatic N) is 10. The molecule has 0 aliphatic carbocycles. The van der Waals surface area contributed by atoms with E-state index in [1.54, 1.807) is 0 Å². The van der Waals surface area contributed by atoms with E-state index in [1.165, 1.54) is 0 Å². The Bertz CT molecular complexity index is 3460. The summed E-state index contributed by atoms with van der Waals surface area (Å²) < 4.78 is 7.98.